The van der Waals surface area contributed by atoms with Crippen molar-refractivity contribution >= 4 is 17.2 Å². The van der Waals surface area contributed by atoms with Crippen molar-refractivity contribution in [3.8, 4) is 11.5 Å². The third-order valence-corrected chi connectivity index (χ3v) is 6.09. The van der Waals surface area contributed by atoms with E-state index >= 15 is 0 Å². The lowest BCUT2D eigenvalue weighted by atomic mass is 9.78. The fourth-order valence-corrected chi connectivity index (χ4v) is 4.67. The van der Waals surface area contributed by atoms with E-state index in [4.69, 9.17) is 4.74 Å². The average Bonchev–Trinajstić information content (AvgIpc) is 2.96. The van der Waals surface area contributed by atoms with Crippen LogP contribution in [0.3, 0.4) is 0 Å². The molecular weight excluding hydrogens is 388 g/mol. The number of para-hydroxylation sites is 3. The van der Waals surface area contributed by atoms with E-state index in [1.165, 1.54) is 0 Å². The number of hydrogen-bond acceptors (Lipinski definition) is 5. The van der Waals surface area contributed by atoms with E-state index in [1.807, 2.05) is 60.7 Å². The number of benzene rings is 3. The van der Waals surface area contributed by atoms with Crippen LogP contribution in [0.4, 0.5) is 11.4 Å². The van der Waals surface area contributed by atoms with Gasteiger partial charge in [0.25, 0.3) is 0 Å². The predicted molar refractivity (Wildman–Crippen MR) is 122 cm³/mol. The van der Waals surface area contributed by atoms with E-state index in [-0.39, 0.29) is 23.5 Å². The van der Waals surface area contributed by atoms with Gasteiger partial charge in [0.05, 0.1) is 24.5 Å². The van der Waals surface area contributed by atoms with E-state index in [0.717, 1.165) is 39.5 Å². The zero-order valence-electron chi connectivity index (χ0n) is 17.3. The minimum Gasteiger partial charge on any atom is -0.508 e. The molecule has 0 saturated carbocycles. The minimum atomic E-state index is -0.343. The van der Waals surface area contributed by atoms with Gasteiger partial charge in [0.15, 0.2) is 5.78 Å². The first-order valence-corrected chi connectivity index (χ1v) is 10.4. The zero-order valence-corrected chi connectivity index (χ0v) is 17.3. The maximum Gasteiger partial charge on any atom is 0.163 e. The third kappa shape index (κ3) is 3.52. The van der Waals surface area contributed by atoms with Crippen LogP contribution >= 0.6 is 0 Å². The Kier molecular flexibility index (Phi) is 4.86. The van der Waals surface area contributed by atoms with Crippen molar-refractivity contribution in [3.05, 3.63) is 95.2 Å². The second kappa shape index (κ2) is 7.84. The number of fused-ring (bicyclic) bond motifs is 1. The number of Topliss-reactive ketones (excluding diaryl/α,β-unsaturated/α-hetero) is 1. The third-order valence-electron chi connectivity index (χ3n) is 6.09. The van der Waals surface area contributed by atoms with E-state index < -0.39 is 0 Å². The summed E-state index contributed by atoms with van der Waals surface area (Å²) in [6, 6.07) is 22.6. The molecule has 156 valence electrons. The molecule has 1 aliphatic carbocycles. The molecule has 0 fully saturated rings. The number of ether oxygens (including phenoxy) is 1. The Morgan fingerprint density at radius 2 is 1.71 bits per heavy atom. The summed E-state index contributed by atoms with van der Waals surface area (Å²) in [5.41, 5.74) is 5.41. The van der Waals surface area contributed by atoms with Crippen LogP contribution in [-0.4, -0.2) is 18.0 Å². The first kappa shape index (κ1) is 19.2. The molecule has 0 spiro atoms. The molecule has 2 atom stereocenters. The molecule has 3 aromatic rings. The lowest BCUT2D eigenvalue weighted by Crippen LogP contribution is -2.27. The monoisotopic (exact) mass is 412 g/mol. The summed E-state index contributed by atoms with van der Waals surface area (Å²) in [5.74, 6) is 1.12. The Labute approximate surface area is 181 Å². The smallest absolute Gasteiger partial charge is 0.163 e. The van der Waals surface area contributed by atoms with Crippen LogP contribution in [0.15, 0.2) is 84.1 Å². The van der Waals surface area contributed by atoms with Crippen molar-refractivity contribution in [1.82, 2.24) is 0 Å². The van der Waals surface area contributed by atoms with Gasteiger partial charge in [-0.05, 0) is 47.9 Å². The standard InChI is InChI=1S/C26H24N2O3/c1-31-24-12-5-2-9-19(24)17-14-22-25(23(30)15-17)26(16-7-6-8-18(29)13-16)28-21-11-4-3-10-20(21)27-22/h2-13,17,26-29H,14-15H2,1H3. The first-order chi connectivity index (χ1) is 15.1. The summed E-state index contributed by atoms with van der Waals surface area (Å²) >= 11 is 0. The van der Waals surface area contributed by atoms with Crippen LogP contribution in [0.5, 0.6) is 11.5 Å². The highest BCUT2D eigenvalue weighted by molar-refractivity contribution is 6.01. The van der Waals surface area contributed by atoms with Crippen molar-refractivity contribution in [2.75, 3.05) is 17.7 Å². The molecule has 1 aliphatic heterocycles. The number of anilines is 2. The maximum atomic E-state index is 13.5. The van der Waals surface area contributed by atoms with Crippen LogP contribution in [0.2, 0.25) is 0 Å². The zero-order chi connectivity index (χ0) is 21.4. The SMILES string of the molecule is COc1ccccc1C1CC(=O)C2=C(C1)Nc1ccccc1NC2c1cccc(O)c1. The number of ketones is 1. The highest BCUT2D eigenvalue weighted by Gasteiger charge is 2.36. The molecule has 1 heterocycles. The largest absolute Gasteiger partial charge is 0.508 e. The van der Waals surface area contributed by atoms with Gasteiger partial charge in [-0.15, -0.1) is 0 Å². The molecule has 0 amide bonds. The molecule has 31 heavy (non-hydrogen) atoms. The molecule has 2 unspecified atom stereocenters. The van der Waals surface area contributed by atoms with Gasteiger partial charge in [-0.25, -0.2) is 0 Å². The van der Waals surface area contributed by atoms with Gasteiger partial charge in [-0.1, -0.05) is 42.5 Å². The van der Waals surface area contributed by atoms with Crippen molar-refractivity contribution in [2.45, 2.75) is 24.8 Å². The number of carbonyl (C=O) groups is 1. The second-order valence-corrected chi connectivity index (χ2v) is 8.01. The number of aromatic hydroxyl groups is 1. The van der Waals surface area contributed by atoms with Gasteiger partial charge in [-0.3, -0.25) is 4.79 Å². The van der Waals surface area contributed by atoms with Crippen LogP contribution in [0.25, 0.3) is 0 Å². The number of hydrogen-bond donors (Lipinski definition) is 3. The number of phenolic OH excluding ortho intramolecular Hbond substituents is 1. The molecule has 5 nitrogen and oxygen atoms in total. The lowest BCUT2D eigenvalue weighted by Gasteiger charge is -2.30. The molecular formula is C26H24N2O3. The van der Waals surface area contributed by atoms with Gasteiger partial charge < -0.3 is 20.5 Å². The van der Waals surface area contributed by atoms with Gasteiger partial charge >= 0.3 is 0 Å². The number of nitrogens with one attached hydrogen (secondary N) is 2. The summed E-state index contributed by atoms with van der Waals surface area (Å²) in [7, 11) is 1.66. The number of allylic oxidation sites excluding steroid dienone is 1. The summed E-state index contributed by atoms with van der Waals surface area (Å²) in [5, 5.41) is 17.1. The molecule has 5 rings (SSSR count). The highest BCUT2D eigenvalue weighted by atomic mass is 16.5. The number of phenols is 1. The van der Waals surface area contributed by atoms with Gasteiger partial charge in [0.2, 0.25) is 0 Å². The fourth-order valence-electron chi connectivity index (χ4n) is 4.67. The van der Waals surface area contributed by atoms with E-state index in [1.54, 1.807) is 19.2 Å². The number of methoxy groups -OCH3 is 1. The second-order valence-electron chi connectivity index (χ2n) is 8.01. The van der Waals surface area contributed by atoms with Gasteiger partial charge in [-0.2, -0.15) is 0 Å². The van der Waals surface area contributed by atoms with Crippen LogP contribution < -0.4 is 15.4 Å². The Hall–Kier alpha value is -3.73. The Balaban J connectivity index is 1.62. The van der Waals surface area contributed by atoms with Crippen molar-refractivity contribution in [1.29, 1.82) is 0 Å². The van der Waals surface area contributed by atoms with Crippen LogP contribution in [0, 0.1) is 0 Å². The number of rotatable bonds is 3. The van der Waals surface area contributed by atoms with E-state index in [2.05, 4.69) is 10.6 Å². The normalized spacial score (nSPS) is 20.1. The number of carbonyl (C=O) groups excluding carboxylic acids is 1. The molecule has 0 radical (unpaired) electrons. The fraction of sp³-hybridized carbons (Fsp3) is 0.192. The van der Waals surface area contributed by atoms with Gasteiger partial charge in [0, 0.05) is 23.6 Å². The Bertz CT molecular complexity index is 1180. The van der Waals surface area contributed by atoms with Crippen LogP contribution in [0.1, 0.15) is 35.9 Å². The first-order valence-electron chi connectivity index (χ1n) is 10.4. The minimum absolute atomic E-state index is 0.0324. The Morgan fingerprint density at radius 1 is 0.935 bits per heavy atom. The molecule has 0 bridgehead atoms. The summed E-state index contributed by atoms with van der Waals surface area (Å²) in [6.45, 7) is 0. The van der Waals surface area contributed by atoms with Crippen molar-refractivity contribution < 1.29 is 14.6 Å². The highest BCUT2D eigenvalue weighted by Crippen LogP contribution is 2.45. The maximum absolute atomic E-state index is 13.5. The average molecular weight is 412 g/mol. The topological polar surface area (TPSA) is 70.6 Å². The molecule has 0 aromatic heterocycles. The Morgan fingerprint density at radius 3 is 2.52 bits per heavy atom. The van der Waals surface area contributed by atoms with Crippen molar-refractivity contribution in [2.24, 2.45) is 0 Å². The van der Waals surface area contributed by atoms with Crippen molar-refractivity contribution in [3.63, 3.8) is 0 Å². The molecule has 0 saturated heterocycles. The van der Waals surface area contributed by atoms with E-state index in [0.29, 0.717) is 12.8 Å². The lowest BCUT2D eigenvalue weighted by molar-refractivity contribution is -0.116. The summed E-state index contributed by atoms with van der Waals surface area (Å²) < 4.78 is 5.57. The molecule has 2 aliphatic rings. The quantitative estimate of drug-likeness (QED) is 0.539. The summed E-state index contributed by atoms with van der Waals surface area (Å²) in [4.78, 5) is 13.5. The predicted octanol–water partition coefficient (Wildman–Crippen LogP) is 5.38. The molecule has 3 N–H and O–H groups in total. The molecule has 3 aromatic carbocycles. The molecule has 5 heteroatoms. The van der Waals surface area contributed by atoms with Crippen LogP contribution in [-0.2, 0) is 4.79 Å². The van der Waals surface area contributed by atoms with E-state index in [9.17, 15) is 9.90 Å². The summed E-state index contributed by atoms with van der Waals surface area (Å²) in [6.07, 6.45) is 1.11. The van der Waals surface area contributed by atoms with Gasteiger partial charge in [0.1, 0.15) is 11.5 Å².